The van der Waals surface area contributed by atoms with Gasteiger partial charge in [-0.2, -0.15) is 0 Å². The Morgan fingerprint density at radius 3 is 2.53 bits per heavy atom. The fourth-order valence-corrected chi connectivity index (χ4v) is 4.51. The summed E-state index contributed by atoms with van der Waals surface area (Å²) in [4.78, 5) is 38.8. The number of hydrazine groups is 1. The number of para-hydroxylation sites is 1. The Balaban J connectivity index is 1.37. The predicted molar refractivity (Wildman–Crippen MR) is 135 cm³/mol. The van der Waals surface area contributed by atoms with Gasteiger partial charge in [-0.25, -0.2) is 0 Å². The van der Waals surface area contributed by atoms with Gasteiger partial charge < -0.3 is 9.84 Å². The molecule has 178 valence electrons. The zero-order chi connectivity index (χ0) is 24.5. The number of methoxy groups -OCH3 is 1. The normalized spacial score (nSPS) is 14.4. The van der Waals surface area contributed by atoms with E-state index in [9.17, 15) is 19.5 Å². The van der Waals surface area contributed by atoms with Gasteiger partial charge in [-0.3, -0.25) is 30.1 Å². The molecule has 3 amide bonds. The molecule has 1 fully saturated rings. The van der Waals surface area contributed by atoms with Gasteiger partial charge in [0.2, 0.25) is 5.91 Å². The number of thioether (sulfide) groups is 1. The number of unbranched alkanes of at least 4 members (excludes halogenated alkanes) is 2. The van der Waals surface area contributed by atoms with E-state index in [-0.39, 0.29) is 29.5 Å². The molecule has 34 heavy (non-hydrogen) atoms. The highest BCUT2D eigenvalue weighted by atomic mass is 32.2. The number of rotatable bonds is 9. The van der Waals surface area contributed by atoms with Crippen LogP contribution in [-0.4, -0.2) is 45.7 Å². The maximum atomic E-state index is 12.7. The number of benzene rings is 2. The van der Waals surface area contributed by atoms with E-state index in [1.807, 2.05) is 30.3 Å². The Morgan fingerprint density at radius 1 is 1.09 bits per heavy atom. The van der Waals surface area contributed by atoms with Crippen LogP contribution in [0, 0.1) is 0 Å². The second-order valence-electron chi connectivity index (χ2n) is 7.44. The van der Waals surface area contributed by atoms with Gasteiger partial charge in [0.15, 0.2) is 0 Å². The van der Waals surface area contributed by atoms with Crippen LogP contribution < -0.4 is 15.6 Å². The monoisotopic (exact) mass is 499 g/mol. The van der Waals surface area contributed by atoms with E-state index >= 15 is 0 Å². The maximum Gasteiger partial charge on any atom is 0.273 e. The zero-order valence-corrected chi connectivity index (χ0v) is 20.2. The molecule has 0 atom stereocenters. The number of nitrogens with zero attached hydrogens (tertiary/aromatic N) is 1. The van der Waals surface area contributed by atoms with Crippen molar-refractivity contribution in [2.24, 2.45) is 0 Å². The van der Waals surface area contributed by atoms with Gasteiger partial charge >= 0.3 is 0 Å². The number of hydrogen-bond donors (Lipinski definition) is 3. The van der Waals surface area contributed by atoms with Gasteiger partial charge in [0, 0.05) is 13.0 Å². The minimum Gasteiger partial charge on any atom is -0.507 e. The largest absolute Gasteiger partial charge is 0.507 e. The first-order valence-corrected chi connectivity index (χ1v) is 11.9. The van der Waals surface area contributed by atoms with E-state index in [0.29, 0.717) is 28.6 Å². The van der Waals surface area contributed by atoms with Gasteiger partial charge in [0.05, 0.1) is 17.6 Å². The van der Waals surface area contributed by atoms with Crippen molar-refractivity contribution < 1.29 is 24.2 Å². The summed E-state index contributed by atoms with van der Waals surface area (Å²) in [7, 11) is 1.60. The molecule has 1 aliphatic heterocycles. The molecule has 0 radical (unpaired) electrons. The number of hydrogen-bond acceptors (Lipinski definition) is 7. The molecule has 0 aliphatic carbocycles. The molecule has 3 N–H and O–H groups in total. The van der Waals surface area contributed by atoms with Crippen molar-refractivity contribution in [2.45, 2.75) is 25.7 Å². The Hall–Kier alpha value is -3.37. The van der Waals surface area contributed by atoms with Crippen LogP contribution in [0.3, 0.4) is 0 Å². The first kappa shape index (κ1) is 25.3. The quantitative estimate of drug-likeness (QED) is 0.209. The van der Waals surface area contributed by atoms with Crippen LogP contribution in [0.15, 0.2) is 53.4 Å². The molecule has 8 nitrogen and oxygen atoms in total. The second-order valence-corrected chi connectivity index (χ2v) is 9.11. The number of ether oxygens (including phenoxy) is 1. The summed E-state index contributed by atoms with van der Waals surface area (Å²) in [5.41, 5.74) is 5.59. The third-order valence-electron chi connectivity index (χ3n) is 5.04. The summed E-state index contributed by atoms with van der Waals surface area (Å²) >= 11 is 6.64. The fourth-order valence-electron chi connectivity index (χ4n) is 3.20. The van der Waals surface area contributed by atoms with Crippen LogP contribution in [0.2, 0.25) is 0 Å². The minimum absolute atomic E-state index is 0.0762. The number of thiocarbonyl (C=S) groups is 1. The number of aromatic hydroxyl groups is 1. The lowest BCUT2D eigenvalue weighted by atomic mass is 10.1. The van der Waals surface area contributed by atoms with E-state index in [2.05, 4.69) is 10.9 Å². The van der Waals surface area contributed by atoms with Crippen LogP contribution in [0.25, 0.3) is 6.08 Å². The number of amides is 3. The minimum atomic E-state index is -0.594. The molecule has 2 aromatic rings. The number of carbonyl (C=O) groups excluding carboxylic acids is 3. The van der Waals surface area contributed by atoms with Crippen molar-refractivity contribution in [1.29, 1.82) is 0 Å². The van der Waals surface area contributed by atoms with E-state index in [1.54, 1.807) is 24.1 Å². The highest BCUT2D eigenvalue weighted by molar-refractivity contribution is 8.26. The summed E-state index contributed by atoms with van der Waals surface area (Å²) in [6.07, 6.45) is 4.04. The Bertz CT molecular complexity index is 1100. The Morgan fingerprint density at radius 2 is 1.82 bits per heavy atom. The molecule has 10 heteroatoms. The van der Waals surface area contributed by atoms with Crippen molar-refractivity contribution in [2.75, 3.05) is 13.7 Å². The smallest absolute Gasteiger partial charge is 0.273 e. The lowest BCUT2D eigenvalue weighted by molar-refractivity contribution is -0.123. The van der Waals surface area contributed by atoms with Crippen LogP contribution in [0.5, 0.6) is 11.5 Å². The molecule has 1 saturated heterocycles. The molecule has 0 aromatic heterocycles. The topological polar surface area (TPSA) is 108 Å². The first-order chi connectivity index (χ1) is 16.4. The van der Waals surface area contributed by atoms with Gasteiger partial charge in [-0.05, 0) is 48.7 Å². The Labute approximate surface area is 207 Å². The standard InChI is InChI=1S/C24H25N3O5S2/c1-32-17-12-10-16(11-13-17)15-20-23(31)27(24(33)34-20)14-6-2-3-9-21(29)25-26-22(30)18-7-4-5-8-19(18)28/h4-5,7-8,10-13,15,28H,2-3,6,9,14H2,1H3,(H,25,29)(H,26,30). The van der Waals surface area contributed by atoms with E-state index in [1.165, 1.54) is 23.9 Å². The van der Waals surface area contributed by atoms with Crippen LogP contribution in [-0.2, 0) is 9.59 Å². The molecular formula is C24H25N3O5S2. The molecule has 1 heterocycles. The summed E-state index contributed by atoms with van der Waals surface area (Å²) in [6, 6.07) is 13.5. The summed E-state index contributed by atoms with van der Waals surface area (Å²) in [6.45, 7) is 0.482. The molecule has 0 bridgehead atoms. The van der Waals surface area contributed by atoms with Crippen LogP contribution in [0.4, 0.5) is 0 Å². The van der Waals surface area contributed by atoms with Gasteiger partial charge in [0.25, 0.3) is 11.8 Å². The zero-order valence-electron chi connectivity index (χ0n) is 18.6. The molecule has 0 unspecified atom stereocenters. The Kier molecular flexibility index (Phi) is 9.06. The fraction of sp³-hybridized carbons (Fsp3) is 0.250. The first-order valence-electron chi connectivity index (χ1n) is 10.7. The second kappa shape index (κ2) is 12.2. The molecule has 1 aliphatic rings. The van der Waals surface area contributed by atoms with Crippen molar-refractivity contribution in [3.63, 3.8) is 0 Å². The highest BCUT2D eigenvalue weighted by Gasteiger charge is 2.31. The van der Waals surface area contributed by atoms with Crippen molar-refractivity contribution in [3.8, 4) is 11.5 Å². The third-order valence-corrected chi connectivity index (χ3v) is 6.41. The molecule has 0 saturated carbocycles. The van der Waals surface area contributed by atoms with E-state index < -0.39 is 5.91 Å². The van der Waals surface area contributed by atoms with Crippen molar-refractivity contribution in [3.05, 3.63) is 64.6 Å². The molecular weight excluding hydrogens is 474 g/mol. The summed E-state index contributed by atoms with van der Waals surface area (Å²) < 4.78 is 5.67. The maximum absolute atomic E-state index is 12.7. The molecule has 2 aromatic carbocycles. The predicted octanol–water partition coefficient (Wildman–Crippen LogP) is 3.62. The number of nitrogens with one attached hydrogen (secondary N) is 2. The van der Waals surface area contributed by atoms with Gasteiger partial charge in [0.1, 0.15) is 15.8 Å². The number of carbonyl (C=O) groups is 3. The average Bonchev–Trinajstić information content (AvgIpc) is 3.10. The number of phenols is 1. The van der Waals surface area contributed by atoms with E-state index in [0.717, 1.165) is 17.7 Å². The number of phenolic OH excluding ortho intramolecular Hbond substituents is 1. The average molecular weight is 500 g/mol. The summed E-state index contributed by atoms with van der Waals surface area (Å²) in [5, 5.41) is 9.66. The highest BCUT2D eigenvalue weighted by Crippen LogP contribution is 2.33. The van der Waals surface area contributed by atoms with Gasteiger partial charge in [-0.15, -0.1) is 0 Å². The molecule has 3 rings (SSSR count). The van der Waals surface area contributed by atoms with Gasteiger partial charge in [-0.1, -0.05) is 54.7 Å². The van der Waals surface area contributed by atoms with Crippen LogP contribution >= 0.6 is 24.0 Å². The SMILES string of the molecule is COc1ccc(C=C2SC(=S)N(CCCCCC(=O)NNC(=O)c3ccccc3O)C2=O)cc1. The third kappa shape index (κ3) is 6.82. The van der Waals surface area contributed by atoms with Crippen molar-refractivity contribution >= 4 is 52.1 Å². The van der Waals surface area contributed by atoms with Crippen LogP contribution in [0.1, 0.15) is 41.6 Å². The van der Waals surface area contributed by atoms with Crippen molar-refractivity contribution in [1.82, 2.24) is 15.8 Å². The lowest BCUT2D eigenvalue weighted by Gasteiger charge is -2.14. The summed E-state index contributed by atoms with van der Waals surface area (Å²) in [5.74, 6) is -0.462. The van der Waals surface area contributed by atoms with E-state index in [4.69, 9.17) is 17.0 Å². The lowest BCUT2D eigenvalue weighted by Crippen LogP contribution is -2.41. The molecule has 0 spiro atoms.